The molecule has 78 valence electrons. The Balaban J connectivity index is 2.41. The molecule has 0 bridgehead atoms. The highest BCUT2D eigenvalue weighted by Crippen LogP contribution is 2.22. The molecule has 3 N–H and O–H groups in total. The number of rotatable bonds is 2. The minimum Gasteiger partial charge on any atom is -0.369 e. The van der Waals surface area contributed by atoms with Crippen molar-refractivity contribution in [2.24, 2.45) is 0 Å². The number of nitrogens with two attached hydrogens (primary N) is 1. The van der Waals surface area contributed by atoms with Gasteiger partial charge in [0.25, 0.3) is 0 Å². The SMILES string of the molecule is CC(C)c1cccc(-c2c[nH]c(N)n2)c1. The van der Waals surface area contributed by atoms with Gasteiger partial charge in [-0.25, -0.2) is 4.98 Å². The number of hydrogen-bond donors (Lipinski definition) is 2. The summed E-state index contributed by atoms with van der Waals surface area (Å²) < 4.78 is 0. The summed E-state index contributed by atoms with van der Waals surface area (Å²) >= 11 is 0. The fraction of sp³-hybridized carbons (Fsp3) is 0.250. The first-order valence-corrected chi connectivity index (χ1v) is 5.08. The molecular weight excluding hydrogens is 186 g/mol. The van der Waals surface area contributed by atoms with Gasteiger partial charge in [-0.1, -0.05) is 32.0 Å². The molecule has 1 aromatic carbocycles. The zero-order chi connectivity index (χ0) is 10.8. The molecule has 3 heteroatoms. The van der Waals surface area contributed by atoms with E-state index in [2.05, 4.69) is 42.0 Å². The summed E-state index contributed by atoms with van der Waals surface area (Å²) in [6.07, 6.45) is 1.83. The van der Waals surface area contributed by atoms with Crippen molar-refractivity contribution in [2.75, 3.05) is 5.73 Å². The third-order valence-electron chi connectivity index (χ3n) is 2.45. The second kappa shape index (κ2) is 3.77. The van der Waals surface area contributed by atoms with E-state index in [9.17, 15) is 0 Å². The van der Waals surface area contributed by atoms with Crippen LogP contribution >= 0.6 is 0 Å². The number of imidazole rings is 1. The molecule has 0 amide bonds. The highest BCUT2D eigenvalue weighted by molar-refractivity contribution is 5.61. The Morgan fingerprint density at radius 1 is 1.33 bits per heavy atom. The number of benzene rings is 1. The fourth-order valence-electron chi connectivity index (χ4n) is 1.54. The van der Waals surface area contributed by atoms with E-state index in [-0.39, 0.29) is 0 Å². The van der Waals surface area contributed by atoms with Gasteiger partial charge < -0.3 is 10.7 Å². The molecular formula is C12H15N3. The monoisotopic (exact) mass is 201 g/mol. The highest BCUT2D eigenvalue weighted by Gasteiger charge is 2.04. The zero-order valence-electron chi connectivity index (χ0n) is 8.99. The molecule has 0 radical (unpaired) electrons. The smallest absolute Gasteiger partial charge is 0.198 e. The minimum atomic E-state index is 0.458. The number of nitrogen functional groups attached to an aromatic ring is 1. The molecule has 0 aliphatic rings. The van der Waals surface area contributed by atoms with Crippen LogP contribution < -0.4 is 5.73 Å². The molecule has 0 aliphatic carbocycles. The molecule has 0 fully saturated rings. The number of H-pyrrole nitrogens is 1. The van der Waals surface area contributed by atoms with Crippen LogP contribution in [0.5, 0.6) is 0 Å². The van der Waals surface area contributed by atoms with Gasteiger partial charge in [-0.15, -0.1) is 0 Å². The van der Waals surface area contributed by atoms with Crippen LogP contribution in [0.1, 0.15) is 25.3 Å². The van der Waals surface area contributed by atoms with Crippen molar-refractivity contribution >= 4 is 5.95 Å². The number of aromatic amines is 1. The number of nitrogens with zero attached hydrogens (tertiary/aromatic N) is 1. The van der Waals surface area contributed by atoms with Crippen LogP contribution in [0.2, 0.25) is 0 Å². The first-order valence-electron chi connectivity index (χ1n) is 5.08. The van der Waals surface area contributed by atoms with E-state index in [0.29, 0.717) is 11.9 Å². The second-order valence-electron chi connectivity index (χ2n) is 3.95. The Morgan fingerprint density at radius 2 is 2.13 bits per heavy atom. The summed E-state index contributed by atoms with van der Waals surface area (Å²) in [5, 5.41) is 0. The average Bonchev–Trinajstić information content (AvgIpc) is 2.65. The Labute approximate surface area is 89.4 Å². The van der Waals surface area contributed by atoms with Crippen LogP contribution in [-0.2, 0) is 0 Å². The van der Waals surface area contributed by atoms with E-state index >= 15 is 0 Å². The van der Waals surface area contributed by atoms with Crippen molar-refractivity contribution in [3.05, 3.63) is 36.0 Å². The Bertz CT molecular complexity index is 457. The van der Waals surface area contributed by atoms with Crippen LogP contribution in [0.3, 0.4) is 0 Å². The van der Waals surface area contributed by atoms with E-state index in [1.807, 2.05) is 12.3 Å². The van der Waals surface area contributed by atoms with Crippen molar-refractivity contribution in [3.8, 4) is 11.3 Å². The normalized spacial score (nSPS) is 10.9. The van der Waals surface area contributed by atoms with E-state index in [0.717, 1.165) is 11.3 Å². The zero-order valence-corrected chi connectivity index (χ0v) is 8.99. The number of nitrogens with one attached hydrogen (secondary N) is 1. The van der Waals surface area contributed by atoms with Crippen LogP contribution in [-0.4, -0.2) is 9.97 Å². The fourth-order valence-corrected chi connectivity index (χ4v) is 1.54. The quantitative estimate of drug-likeness (QED) is 0.785. The van der Waals surface area contributed by atoms with Crippen molar-refractivity contribution in [1.29, 1.82) is 0 Å². The first kappa shape index (κ1) is 9.77. The number of aromatic nitrogens is 2. The summed E-state index contributed by atoms with van der Waals surface area (Å²) in [6.45, 7) is 4.36. The standard InChI is InChI=1S/C12H15N3/c1-8(2)9-4-3-5-10(6-9)11-7-14-12(13)15-11/h3-8H,1-2H3,(H3,13,14,15). The van der Waals surface area contributed by atoms with Gasteiger partial charge in [-0.3, -0.25) is 0 Å². The molecule has 15 heavy (non-hydrogen) atoms. The molecule has 3 nitrogen and oxygen atoms in total. The maximum absolute atomic E-state index is 5.55. The van der Waals surface area contributed by atoms with Gasteiger partial charge in [-0.05, 0) is 17.5 Å². The van der Waals surface area contributed by atoms with E-state index in [4.69, 9.17) is 5.73 Å². The summed E-state index contributed by atoms with van der Waals surface area (Å²) in [7, 11) is 0. The maximum atomic E-state index is 5.55. The molecule has 0 saturated carbocycles. The topological polar surface area (TPSA) is 54.7 Å². The molecule has 2 aromatic rings. The molecule has 0 spiro atoms. The Kier molecular flexibility index (Phi) is 2.46. The summed E-state index contributed by atoms with van der Waals surface area (Å²) in [5.41, 5.74) is 8.86. The maximum Gasteiger partial charge on any atom is 0.198 e. The predicted octanol–water partition coefficient (Wildman–Crippen LogP) is 2.78. The van der Waals surface area contributed by atoms with Gasteiger partial charge in [0.2, 0.25) is 0 Å². The van der Waals surface area contributed by atoms with Gasteiger partial charge in [0.1, 0.15) is 0 Å². The van der Waals surface area contributed by atoms with Crippen molar-refractivity contribution in [2.45, 2.75) is 19.8 Å². The van der Waals surface area contributed by atoms with Crippen molar-refractivity contribution in [3.63, 3.8) is 0 Å². The lowest BCUT2D eigenvalue weighted by atomic mass is 10.00. The molecule has 0 atom stereocenters. The lowest BCUT2D eigenvalue weighted by Gasteiger charge is -2.06. The predicted molar refractivity (Wildman–Crippen MR) is 62.5 cm³/mol. The third-order valence-corrected chi connectivity index (χ3v) is 2.45. The van der Waals surface area contributed by atoms with Crippen LogP contribution in [0.15, 0.2) is 30.5 Å². The summed E-state index contributed by atoms with van der Waals surface area (Å²) in [5.74, 6) is 0.987. The van der Waals surface area contributed by atoms with Crippen LogP contribution in [0.25, 0.3) is 11.3 Å². The average molecular weight is 201 g/mol. The largest absolute Gasteiger partial charge is 0.369 e. The molecule has 0 unspecified atom stereocenters. The molecule has 1 aromatic heterocycles. The Hall–Kier alpha value is -1.77. The third kappa shape index (κ3) is 2.01. The van der Waals surface area contributed by atoms with Crippen molar-refractivity contribution in [1.82, 2.24) is 9.97 Å². The molecule has 0 saturated heterocycles. The van der Waals surface area contributed by atoms with Gasteiger partial charge in [0, 0.05) is 11.8 Å². The first-order chi connectivity index (χ1) is 7.16. The van der Waals surface area contributed by atoms with Crippen molar-refractivity contribution < 1.29 is 0 Å². The lowest BCUT2D eigenvalue weighted by molar-refractivity contribution is 0.867. The van der Waals surface area contributed by atoms with Gasteiger partial charge in [0.05, 0.1) is 5.69 Å². The second-order valence-corrected chi connectivity index (χ2v) is 3.95. The molecule has 1 heterocycles. The number of anilines is 1. The van der Waals surface area contributed by atoms with E-state index in [1.165, 1.54) is 5.56 Å². The van der Waals surface area contributed by atoms with Gasteiger partial charge >= 0.3 is 0 Å². The highest BCUT2D eigenvalue weighted by atomic mass is 15.0. The summed E-state index contributed by atoms with van der Waals surface area (Å²) in [6, 6.07) is 8.38. The van der Waals surface area contributed by atoms with Gasteiger partial charge in [-0.2, -0.15) is 0 Å². The van der Waals surface area contributed by atoms with Gasteiger partial charge in [0.15, 0.2) is 5.95 Å². The number of hydrogen-bond acceptors (Lipinski definition) is 2. The van der Waals surface area contributed by atoms with E-state index < -0.39 is 0 Å². The van der Waals surface area contributed by atoms with E-state index in [1.54, 1.807) is 0 Å². The molecule has 0 aliphatic heterocycles. The Morgan fingerprint density at radius 3 is 2.73 bits per heavy atom. The van der Waals surface area contributed by atoms with Crippen LogP contribution in [0, 0.1) is 0 Å². The van der Waals surface area contributed by atoms with Crippen LogP contribution in [0.4, 0.5) is 5.95 Å². The summed E-state index contributed by atoms with van der Waals surface area (Å²) in [4.78, 5) is 7.09. The molecule has 2 rings (SSSR count). The minimum absolute atomic E-state index is 0.458. The lowest BCUT2D eigenvalue weighted by Crippen LogP contribution is -1.88.